The minimum atomic E-state index is -0.263. The van der Waals surface area contributed by atoms with Crippen molar-refractivity contribution >= 4 is 28.9 Å². The van der Waals surface area contributed by atoms with E-state index in [9.17, 15) is 4.79 Å². The number of hydrogen-bond donors (Lipinski definition) is 2. The Morgan fingerprint density at radius 3 is 2.27 bits per heavy atom. The van der Waals surface area contributed by atoms with Crippen molar-refractivity contribution < 1.29 is 9.53 Å². The maximum absolute atomic E-state index is 12.2. The average Bonchev–Trinajstić information content (AvgIpc) is 2.65. The average molecular weight is 362 g/mol. The molecule has 3 rings (SSSR count). The van der Waals surface area contributed by atoms with Gasteiger partial charge in [0.2, 0.25) is 0 Å². The van der Waals surface area contributed by atoms with Crippen LogP contribution >= 0.6 is 12.2 Å². The molecule has 2 N–H and O–H groups in total. The van der Waals surface area contributed by atoms with E-state index in [0.29, 0.717) is 17.0 Å². The summed E-state index contributed by atoms with van der Waals surface area (Å²) in [5.41, 5.74) is 2.28. The fourth-order valence-electron chi connectivity index (χ4n) is 2.36. The molecular formula is C21H18N2O2S. The molecule has 26 heavy (non-hydrogen) atoms. The van der Waals surface area contributed by atoms with Crippen LogP contribution in [0.15, 0.2) is 78.9 Å². The monoisotopic (exact) mass is 362 g/mol. The molecule has 0 aromatic heterocycles. The summed E-state index contributed by atoms with van der Waals surface area (Å²) in [5.74, 6) is 1.08. The number of para-hydroxylation sites is 1. The number of ether oxygens (including phenoxy) is 1. The van der Waals surface area contributed by atoms with Gasteiger partial charge in [0.15, 0.2) is 10.9 Å². The van der Waals surface area contributed by atoms with Gasteiger partial charge >= 0.3 is 0 Å². The summed E-state index contributed by atoms with van der Waals surface area (Å²) in [6, 6.07) is 24.1. The molecule has 0 saturated heterocycles. The predicted molar refractivity (Wildman–Crippen MR) is 108 cm³/mol. The molecule has 0 heterocycles. The summed E-state index contributed by atoms with van der Waals surface area (Å²) in [6.45, 7) is 1.98. The summed E-state index contributed by atoms with van der Waals surface area (Å²) in [6.07, 6.45) is 0. The van der Waals surface area contributed by atoms with Crippen LogP contribution in [0.3, 0.4) is 0 Å². The standard InChI is InChI=1S/C21H18N2O2S/c1-15-12-13-19(25-17-10-6-3-7-11-17)18(14-15)22-21(26)23-20(24)16-8-4-2-5-9-16/h2-14H,1H3,(H2,22,23,24,26). The van der Waals surface area contributed by atoms with Gasteiger partial charge in [0.05, 0.1) is 5.69 Å². The van der Waals surface area contributed by atoms with Crippen LogP contribution in [0.5, 0.6) is 11.5 Å². The van der Waals surface area contributed by atoms with Gasteiger partial charge in [-0.1, -0.05) is 42.5 Å². The van der Waals surface area contributed by atoms with Gasteiger partial charge in [0.25, 0.3) is 5.91 Å². The van der Waals surface area contributed by atoms with Gasteiger partial charge in [-0.2, -0.15) is 0 Å². The van der Waals surface area contributed by atoms with Crippen molar-refractivity contribution in [2.75, 3.05) is 5.32 Å². The third-order valence-corrected chi connectivity index (χ3v) is 3.82. The van der Waals surface area contributed by atoms with E-state index < -0.39 is 0 Å². The zero-order valence-electron chi connectivity index (χ0n) is 14.2. The fourth-order valence-corrected chi connectivity index (χ4v) is 2.57. The minimum Gasteiger partial charge on any atom is -0.455 e. The second-order valence-electron chi connectivity index (χ2n) is 5.69. The molecule has 0 fully saturated rings. The van der Waals surface area contributed by atoms with Crippen molar-refractivity contribution in [2.45, 2.75) is 6.92 Å². The predicted octanol–water partition coefficient (Wildman–Crippen LogP) is 4.91. The smallest absolute Gasteiger partial charge is 0.257 e. The first kappa shape index (κ1) is 17.6. The van der Waals surface area contributed by atoms with Crippen LogP contribution in [0.4, 0.5) is 5.69 Å². The molecule has 3 aromatic carbocycles. The summed E-state index contributed by atoms with van der Waals surface area (Å²) in [7, 11) is 0. The van der Waals surface area contributed by atoms with Gasteiger partial charge in [-0.05, 0) is 61.1 Å². The van der Waals surface area contributed by atoms with Gasteiger partial charge in [-0.25, -0.2) is 0 Å². The van der Waals surface area contributed by atoms with Crippen molar-refractivity contribution in [3.05, 3.63) is 90.0 Å². The maximum Gasteiger partial charge on any atom is 0.257 e. The molecule has 0 radical (unpaired) electrons. The first-order chi connectivity index (χ1) is 12.6. The van der Waals surface area contributed by atoms with Crippen LogP contribution in [0.1, 0.15) is 15.9 Å². The molecule has 0 aliphatic rings. The third kappa shape index (κ3) is 4.68. The highest BCUT2D eigenvalue weighted by molar-refractivity contribution is 7.80. The van der Waals surface area contributed by atoms with Crippen LogP contribution in [-0.4, -0.2) is 11.0 Å². The Bertz CT molecular complexity index is 912. The van der Waals surface area contributed by atoms with Crippen LogP contribution < -0.4 is 15.4 Å². The van der Waals surface area contributed by atoms with Crippen LogP contribution in [-0.2, 0) is 0 Å². The molecule has 5 heteroatoms. The lowest BCUT2D eigenvalue weighted by Crippen LogP contribution is -2.34. The van der Waals surface area contributed by atoms with E-state index in [2.05, 4.69) is 10.6 Å². The third-order valence-electron chi connectivity index (χ3n) is 3.62. The Balaban J connectivity index is 1.73. The normalized spacial score (nSPS) is 10.0. The highest BCUT2D eigenvalue weighted by atomic mass is 32.1. The molecule has 0 aliphatic heterocycles. The molecule has 0 spiro atoms. The van der Waals surface area contributed by atoms with Crippen molar-refractivity contribution in [1.29, 1.82) is 0 Å². The Hall–Kier alpha value is -3.18. The SMILES string of the molecule is Cc1ccc(Oc2ccccc2)c(NC(=S)NC(=O)c2ccccc2)c1. The molecule has 0 atom stereocenters. The number of amides is 1. The Morgan fingerprint density at radius 1 is 0.923 bits per heavy atom. The van der Waals surface area contributed by atoms with E-state index >= 15 is 0 Å². The largest absolute Gasteiger partial charge is 0.455 e. The number of anilines is 1. The summed E-state index contributed by atoms with van der Waals surface area (Å²) < 4.78 is 5.92. The van der Waals surface area contributed by atoms with Crippen molar-refractivity contribution in [3.8, 4) is 11.5 Å². The highest BCUT2D eigenvalue weighted by Gasteiger charge is 2.11. The lowest BCUT2D eigenvalue weighted by molar-refractivity contribution is 0.0977. The number of aryl methyl sites for hydroxylation is 1. The minimum absolute atomic E-state index is 0.211. The zero-order chi connectivity index (χ0) is 18.4. The first-order valence-electron chi connectivity index (χ1n) is 8.13. The van der Waals surface area contributed by atoms with Gasteiger partial charge in [-0.3, -0.25) is 10.1 Å². The van der Waals surface area contributed by atoms with Crippen LogP contribution in [0, 0.1) is 6.92 Å². The first-order valence-corrected chi connectivity index (χ1v) is 8.53. The Labute approximate surface area is 157 Å². The number of thiocarbonyl (C=S) groups is 1. The van der Waals surface area contributed by atoms with E-state index in [1.807, 2.05) is 61.5 Å². The second-order valence-corrected chi connectivity index (χ2v) is 6.10. The second kappa shape index (κ2) is 8.27. The van der Waals surface area contributed by atoms with Gasteiger partial charge in [0, 0.05) is 5.56 Å². The lowest BCUT2D eigenvalue weighted by atomic mass is 10.2. The quantitative estimate of drug-likeness (QED) is 0.647. The molecule has 3 aromatic rings. The van der Waals surface area contributed by atoms with E-state index in [-0.39, 0.29) is 11.0 Å². The summed E-state index contributed by atoms with van der Waals surface area (Å²) in [4.78, 5) is 12.2. The van der Waals surface area contributed by atoms with E-state index in [4.69, 9.17) is 17.0 Å². The van der Waals surface area contributed by atoms with E-state index in [1.54, 1.807) is 24.3 Å². The lowest BCUT2D eigenvalue weighted by Gasteiger charge is -2.15. The summed E-state index contributed by atoms with van der Waals surface area (Å²) in [5, 5.41) is 5.94. The van der Waals surface area contributed by atoms with Crippen molar-refractivity contribution in [1.82, 2.24) is 5.32 Å². The van der Waals surface area contributed by atoms with Gasteiger partial charge < -0.3 is 10.1 Å². The number of carbonyl (C=O) groups is 1. The number of hydrogen-bond acceptors (Lipinski definition) is 3. The Morgan fingerprint density at radius 2 is 1.58 bits per heavy atom. The van der Waals surface area contributed by atoms with Crippen LogP contribution in [0.2, 0.25) is 0 Å². The highest BCUT2D eigenvalue weighted by Crippen LogP contribution is 2.30. The summed E-state index contributed by atoms with van der Waals surface area (Å²) >= 11 is 5.28. The molecule has 1 amide bonds. The number of carbonyl (C=O) groups excluding carboxylic acids is 1. The molecule has 0 bridgehead atoms. The molecule has 0 aliphatic carbocycles. The Kier molecular flexibility index (Phi) is 5.61. The molecule has 0 saturated carbocycles. The van der Waals surface area contributed by atoms with E-state index in [0.717, 1.165) is 11.3 Å². The fraction of sp³-hybridized carbons (Fsp3) is 0.0476. The molecular weight excluding hydrogens is 344 g/mol. The van der Waals surface area contributed by atoms with Gasteiger partial charge in [0.1, 0.15) is 5.75 Å². The molecule has 4 nitrogen and oxygen atoms in total. The number of rotatable bonds is 4. The topological polar surface area (TPSA) is 50.4 Å². The van der Waals surface area contributed by atoms with Crippen molar-refractivity contribution in [3.63, 3.8) is 0 Å². The molecule has 0 unspecified atom stereocenters. The number of benzene rings is 3. The van der Waals surface area contributed by atoms with Crippen molar-refractivity contribution in [2.24, 2.45) is 0 Å². The number of nitrogens with one attached hydrogen (secondary N) is 2. The zero-order valence-corrected chi connectivity index (χ0v) is 15.0. The van der Waals surface area contributed by atoms with Gasteiger partial charge in [-0.15, -0.1) is 0 Å². The van der Waals surface area contributed by atoms with Crippen LogP contribution in [0.25, 0.3) is 0 Å². The molecule has 130 valence electrons. The maximum atomic E-state index is 12.2. The van der Waals surface area contributed by atoms with E-state index in [1.165, 1.54) is 0 Å².